The molecule has 2 aromatic rings. The summed E-state index contributed by atoms with van der Waals surface area (Å²) in [5.74, 6) is -0.849. The largest absolute Gasteiger partial charge is 0.462 e. The molecule has 1 unspecified atom stereocenters. The molecule has 3 rings (SSSR count). The second kappa shape index (κ2) is 14.2. The van der Waals surface area contributed by atoms with Gasteiger partial charge in [0.05, 0.1) is 18.8 Å². The molecule has 2 heterocycles. The molecule has 1 aliphatic rings. The molecule has 1 aromatic carbocycles. The summed E-state index contributed by atoms with van der Waals surface area (Å²) in [6.45, 7) is 9.43. The quantitative estimate of drug-likeness (QED) is 0.360. The van der Waals surface area contributed by atoms with Crippen LogP contribution in [0.4, 0.5) is 4.79 Å². The highest BCUT2D eigenvalue weighted by Gasteiger charge is 2.30. The summed E-state index contributed by atoms with van der Waals surface area (Å²) in [4.78, 5) is 62.7. The zero-order valence-electron chi connectivity index (χ0n) is 23.1. The van der Waals surface area contributed by atoms with Crippen LogP contribution in [0, 0.1) is 6.92 Å². The van der Waals surface area contributed by atoms with Crippen LogP contribution in [-0.2, 0) is 14.3 Å². The maximum atomic E-state index is 13.2. The first-order valence-electron chi connectivity index (χ1n) is 13.4. The lowest BCUT2D eigenvalue weighted by molar-refractivity contribution is -0.134. The Balaban J connectivity index is 1.69. The first-order chi connectivity index (χ1) is 18.8. The number of aryl methyl sites for hydroxylation is 1. The fourth-order valence-electron chi connectivity index (χ4n) is 4.11. The molecule has 11 nitrogen and oxygen atoms in total. The lowest BCUT2D eigenvalue weighted by Crippen LogP contribution is -2.55. The highest BCUT2D eigenvalue weighted by atomic mass is 16.6. The molecular weight excluding hydrogens is 502 g/mol. The number of aromatic nitrogens is 2. The predicted molar refractivity (Wildman–Crippen MR) is 144 cm³/mol. The van der Waals surface area contributed by atoms with Crippen molar-refractivity contribution in [1.82, 2.24) is 25.1 Å². The maximum absolute atomic E-state index is 13.2. The smallest absolute Gasteiger partial charge is 0.409 e. The van der Waals surface area contributed by atoms with Crippen LogP contribution in [0.25, 0.3) is 11.4 Å². The molecule has 1 aromatic heterocycles. The Labute approximate surface area is 228 Å². The van der Waals surface area contributed by atoms with Gasteiger partial charge in [-0.1, -0.05) is 32.4 Å². The normalized spacial score (nSPS) is 13.9. The monoisotopic (exact) mass is 539 g/mol. The highest BCUT2D eigenvalue weighted by Crippen LogP contribution is 2.19. The molecule has 39 heavy (non-hydrogen) atoms. The SMILES string of the molecule is CCCCOC(=O)c1cccc(-c2nc(C)cc(C(=O)NC(CC)C(=O)N3CCN(C(=O)OCC)CC3)n2)c1. The van der Waals surface area contributed by atoms with Crippen LogP contribution in [-0.4, -0.2) is 89.1 Å². The summed E-state index contributed by atoms with van der Waals surface area (Å²) in [5, 5.41) is 2.80. The van der Waals surface area contributed by atoms with Crippen molar-refractivity contribution in [2.45, 2.75) is 53.0 Å². The predicted octanol–water partition coefficient (Wildman–Crippen LogP) is 3.22. The van der Waals surface area contributed by atoms with Crippen LogP contribution in [0.5, 0.6) is 0 Å². The van der Waals surface area contributed by atoms with E-state index in [2.05, 4.69) is 15.3 Å². The number of benzene rings is 1. The van der Waals surface area contributed by atoms with E-state index in [-0.39, 0.29) is 23.5 Å². The Morgan fingerprint density at radius 3 is 2.36 bits per heavy atom. The molecule has 0 aliphatic carbocycles. The summed E-state index contributed by atoms with van der Waals surface area (Å²) in [7, 11) is 0. The van der Waals surface area contributed by atoms with Gasteiger partial charge in [0.1, 0.15) is 11.7 Å². The maximum Gasteiger partial charge on any atom is 0.409 e. The molecule has 0 saturated carbocycles. The summed E-state index contributed by atoms with van der Waals surface area (Å²) < 4.78 is 10.3. The average Bonchev–Trinajstić information content (AvgIpc) is 2.95. The van der Waals surface area contributed by atoms with E-state index in [4.69, 9.17) is 9.47 Å². The number of unbranched alkanes of at least 4 members (excludes halogenated alkanes) is 1. The first kappa shape index (κ1) is 29.5. The number of amides is 3. The summed E-state index contributed by atoms with van der Waals surface area (Å²) in [6, 6.07) is 7.58. The van der Waals surface area contributed by atoms with E-state index >= 15 is 0 Å². The van der Waals surface area contributed by atoms with E-state index in [0.717, 1.165) is 12.8 Å². The van der Waals surface area contributed by atoms with Crippen molar-refractivity contribution in [2.24, 2.45) is 0 Å². The van der Waals surface area contributed by atoms with E-state index in [1.807, 2.05) is 13.8 Å². The number of esters is 1. The third-order valence-electron chi connectivity index (χ3n) is 6.30. The zero-order valence-corrected chi connectivity index (χ0v) is 23.1. The van der Waals surface area contributed by atoms with Crippen LogP contribution < -0.4 is 5.32 Å². The van der Waals surface area contributed by atoms with Gasteiger partial charge in [-0.2, -0.15) is 0 Å². The summed E-state index contributed by atoms with van der Waals surface area (Å²) in [5.41, 5.74) is 1.63. The number of piperazine rings is 1. The zero-order chi connectivity index (χ0) is 28.4. The lowest BCUT2D eigenvalue weighted by atomic mass is 10.1. The fraction of sp³-hybridized carbons (Fsp3) is 0.500. The van der Waals surface area contributed by atoms with E-state index in [9.17, 15) is 19.2 Å². The molecule has 0 radical (unpaired) electrons. The van der Waals surface area contributed by atoms with E-state index in [1.54, 1.807) is 54.0 Å². The van der Waals surface area contributed by atoms with Crippen molar-refractivity contribution in [1.29, 1.82) is 0 Å². The molecule has 210 valence electrons. The van der Waals surface area contributed by atoms with E-state index in [0.29, 0.717) is 62.6 Å². The molecule has 1 saturated heterocycles. The Hall–Kier alpha value is -4.02. The van der Waals surface area contributed by atoms with Gasteiger partial charge in [-0.3, -0.25) is 9.59 Å². The van der Waals surface area contributed by atoms with E-state index < -0.39 is 17.9 Å². The molecule has 11 heteroatoms. The Bertz CT molecular complexity index is 1180. The molecule has 1 atom stereocenters. The Morgan fingerprint density at radius 2 is 1.69 bits per heavy atom. The minimum Gasteiger partial charge on any atom is -0.462 e. The number of hydrogen-bond donors (Lipinski definition) is 1. The van der Waals surface area contributed by atoms with Crippen LogP contribution >= 0.6 is 0 Å². The molecule has 3 amide bonds. The number of rotatable bonds is 10. The van der Waals surface area contributed by atoms with Crippen LogP contribution in [0.1, 0.15) is 66.6 Å². The van der Waals surface area contributed by atoms with Gasteiger partial charge in [-0.25, -0.2) is 19.6 Å². The molecule has 1 aliphatic heterocycles. The van der Waals surface area contributed by atoms with Gasteiger partial charge in [0.25, 0.3) is 5.91 Å². The van der Waals surface area contributed by atoms with Crippen molar-refractivity contribution in [3.05, 3.63) is 47.3 Å². The third-order valence-corrected chi connectivity index (χ3v) is 6.30. The number of hydrogen-bond acceptors (Lipinski definition) is 8. The van der Waals surface area contributed by atoms with Gasteiger partial charge in [0.15, 0.2) is 5.82 Å². The van der Waals surface area contributed by atoms with Gasteiger partial charge in [0, 0.05) is 37.4 Å². The number of ether oxygens (including phenoxy) is 2. The van der Waals surface area contributed by atoms with Gasteiger partial charge in [0.2, 0.25) is 5.91 Å². The fourth-order valence-corrected chi connectivity index (χ4v) is 4.11. The van der Waals surface area contributed by atoms with Gasteiger partial charge < -0.3 is 24.6 Å². The lowest BCUT2D eigenvalue weighted by Gasteiger charge is -2.35. The minimum absolute atomic E-state index is 0.117. The van der Waals surface area contributed by atoms with Crippen LogP contribution in [0.3, 0.4) is 0 Å². The highest BCUT2D eigenvalue weighted by molar-refractivity contribution is 5.96. The van der Waals surface area contributed by atoms with Crippen molar-refractivity contribution in [2.75, 3.05) is 39.4 Å². The summed E-state index contributed by atoms with van der Waals surface area (Å²) in [6.07, 6.45) is 1.71. The minimum atomic E-state index is -0.744. The molecule has 0 bridgehead atoms. The Morgan fingerprint density at radius 1 is 0.974 bits per heavy atom. The number of nitrogens with one attached hydrogen (secondary N) is 1. The molecule has 0 spiro atoms. The van der Waals surface area contributed by atoms with Crippen LogP contribution in [0.2, 0.25) is 0 Å². The standard InChI is InChI=1S/C28H37N5O6/c1-5-8-16-39-27(36)21-11-9-10-20(18-21)24-29-19(4)17-23(30-24)25(34)31-22(6-2)26(35)32-12-14-33(15-13-32)28(37)38-7-3/h9-11,17-18,22H,5-8,12-16H2,1-4H3,(H,31,34). The van der Waals surface area contributed by atoms with Crippen molar-refractivity contribution >= 4 is 23.9 Å². The summed E-state index contributed by atoms with van der Waals surface area (Å²) >= 11 is 0. The van der Waals surface area contributed by atoms with Crippen LogP contribution in [0.15, 0.2) is 30.3 Å². The van der Waals surface area contributed by atoms with Crippen molar-refractivity contribution in [3.63, 3.8) is 0 Å². The van der Waals surface area contributed by atoms with Crippen molar-refractivity contribution < 1.29 is 28.7 Å². The number of carbonyl (C=O) groups is 4. The van der Waals surface area contributed by atoms with E-state index in [1.165, 1.54) is 0 Å². The third kappa shape index (κ3) is 7.98. The van der Waals surface area contributed by atoms with Gasteiger partial charge in [-0.15, -0.1) is 0 Å². The number of nitrogens with zero attached hydrogens (tertiary/aromatic N) is 4. The topological polar surface area (TPSA) is 131 Å². The first-order valence-corrected chi connectivity index (χ1v) is 13.4. The Kier molecular flexibility index (Phi) is 10.8. The number of carbonyl (C=O) groups excluding carboxylic acids is 4. The molecule has 1 fully saturated rings. The second-order valence-corrected chi connectivity index (χ2v) is 9.23. The van der Waals surface area contributed by atoms with Gasteiger partial charge in [-0.05, 0) is 44.9 Å². The van der Waals surface area contributed by atoms with Gasteiger partial charge >= 0.3 is 12.1 Å². The average molecular weight is 540 g/mol. The molecular formula is C28H37N5O6. The van der Waals surface area contributed by atoms with Crippen molar-refractivity contribution in [3.8, 4) is 11.4 Å². The molecule has 1 N–H and O–H groups in total. The second-order valence-electron chi connectivity index (χ2n) is 9.23.